The van der Waals surface area contributed by atoms with Crippen LogP contribution in [-0.2, 0) is 0 Å². The summed E-state index contributed by atoms with van der Waals surface area (Å²) in [5.41, 5.74) is 1.00. The Bertz CT molecular complexity index is 838. The van der Waals surface area contributed by atoms with E-state index in [0.717, 1.165) is 17.0 Å². The van der Waals surface area contributed by atoms with Crippen LogP contribution in [0, 0.1) is 6.92 Å². The van der Waals surface area contributed by atoms with E-state index in [2.05, 4.69) is 15.6 Å². The lowest BCUT2D eigenvalue weighted by molar-refractivity contribution is 0.0958. The number of amides is 2. The maximum absolute atomic E-state index is 12.4. The van der Waals surface area contributed by atoms with Gasteiger partial charge in [-0.1, -0.05) is 13.8 Å². The highest BCUT2D eigenvalue weighted by Gasteiger charge is 2.17. The fourth-order valence-corrected chi connectivity index (χ4v) is 3.22. The Morgan fingerprint density at radius 3 is 2.56 bits per heavy atom. The number of anilines is 1. The van der Waals surface area contributed by atoms with Crippen LogP contribution in [0.1, 0.15) is 63.7 Å². The van der Waals surface area contributed by atoms with Crippen molar-refractivity contribution in [3.63, 3.8) is 0 Å². The number of H-pyrrole nitrogens is 1. The zero-order valence-electron chi connectivity index (χ0n) is 14.9. The van der Waals surface area contributed by atoms with Crippen molar-refractivity contribution in [3.8, 4) is 0 Å². The molecule has 2 rings (SSSR count). The first kappa shape index (κ1) is 18.9. The van der Waals surface area contributed by atoms with E-state index in [1.807, 2.05) is 27.7 Å². The first-order valence-electron chi connectivity index (χ1n) is 8.30. The molecule has 2 aromatic heterocycles. The highest BCUT2D eigenvalue weighted by Crippen LogP contribution is 2.26. The molecular weight excluding hydrogens is 338 g/mol. The maximum atomic E-state index is 12.4. The van der Waals surface area contributed by atoms with Crippen LogP contribution < -0.4 is 16.2 Å². The maximum Gasteiger partial charge on any atom is 0.261 e. The van der Waals surface area contributed by atoms with Crippen molar-refractivity contribution >= 4 is 28.8 Å². The van der Waals surface area contributed by atoms with Crippen LogP contribution >= 0.6 is 11.3 Å². The highest BCUT2D eigenvalue weighted by molar-refractivity contribution is 7.14. The molecule has 0 bridgehead atoms. The normalized spacial score (nSPS) is 11.8. The molecule has 134 valence electrons. The van der Waals surface area contributed by atoms with E-state index in [1.54, 1.807) is 18.2 Å². The van der Waals surface area contributed by atoms with Gasteiger partial charge in [0.1, 0.15) is 5.56 Å². The third-order valence-electron chi connectivity index (χ3n) is 4.05. The summed E-state index contributed by atoms with van der Waals surface area (Å²) in [5, 5.41) is 5.44. The number of hydrogen-bond acceptors (Lipinski definition) is 4. The molecule has 7 heteroatoms. The van der Waals surface area contributed by atoms with Crippen LogP contribution in [-0.4, -0.2) is 23.3 Å². The molecule has 25 heavy (non-hydrogen) atoms. The SMILES string of the molecule is CCNC(=O)c1cc(NC(=O)c2ccc(C(C)CC)[nH]c2=O)c(C)s1. The first-order chi connectivity index (χ1) is 11.9. The fourth-order valence-electron chi connectivity index (χ4n) is 2.33. The van der Waals surface area contributed by atoms with Gasteiger partial charge < -0.3 is 15.6 Å². The molecule has 3 N–H and O–H groups in total. The summed E-state index contributed by atoms with van der Waals surface area (Å²) < 4.78 is 0. The predicted octanol–water partition coefficient (Wildman–Crippen LogP) is 3.26. The van der Waals surface area contributed by atoms with Gasteiger partial charge in [0.05, 0.1) is 10.6 Å². The largest absolute Gasteiger partial charge is 0.352 e. The van der Waals surface area contributed by atoms with Crippen molar-refractivity contribution in [2.75, 3.05) is 11.9 Å². The van der Waals surface area contributed by atoms with Crippen molar-refractivity contribution in [1.29, 1.82) is 0 Å². The molecule has 0 aliphatic heterocycles. The Morgan fingerprint density at radius 2 is 1.96 bits per heavy atom. The van der Waals surface area contributed by atoms with E-state index in [9.17, 15) is 14.4 Å². The standard InChI is InChI=1S/C18H23N3O3S/c1-5-10(3)13-8-7-12(16(22)20-13)17(23)21-14-9-15(25-11(14)4)18(24)19-6-2/h7-10H,5-6H2,1-4H3,(H,19,24)(H,20,22)(H,21,23). The Hall–Kier alpha value is -2.41. The number of carbonyl (C=O) groups excluding carboxylic acids is 2. The second kappa shape index (κ2) is 8.11. The summed E-state index contributed by atoms with van der Waals surface area (Å²) in [6.07, 6.45) is 0.901. The smallest absolute Gasteiger partial charge is 0.261 e. The van der Waals surface area contributed by atoms with Gasteiger partial charge in [-0.25, -0.2) is 0 Å². The van der Waals surface area contributed by atoms with E-state index in [4.69, 9.17) is 0 Å². The average molecular weight is 361 g/mol. The molecule has 0 radical (unpaired) electrons. The van der Waals surface area contributed by atoms with Crippen molar-refractivity contribution < 1.29 is 9.59 Å². The number of hydrogen-bond donors (Lipinski definition) is 3. The molecule has 2 aromatic rings. The van der Waals surface area contributed by atoms with E-state index in [-0.39, 0.29) is 17.4 Å². The lowest BCUT2D eigenvalue weighted by Crippen LogP contribution is -2.24. The minimum atomic E-state index is -0.486. The molecule has 0 spiro atoms. The van der Waals surface area contributed by atoms with Crippen molar-refractivity contribution in [3.05, 3.63) is 49.6 Å². The lowest BCUT2D eigenvalue weighted by Gasteiger charge is -2.09. The molecule has 1 atom stereocenters. The molecule has 0 saturated heterocycles. The summed E-state index contributed by atoms with van der Waals surface area (Å²) in [7, 11) is 0. The van der Waals surface area contributed by atoms with Crippen molar-refractivity contribution in [1.82, 2.24) is 10.3 Å². The molecule has 0 aliphatic rings. The second-order valence-corrected chi connectivity index (χ2v) is 7.12. The monoisotopic (exact) mass is 361 g/mol. The molecule has 1 unspecified atom stereocenters. The Morgan fingerprint density at radius 1 is 1.24 bits per heavy atom. The fraction of sp³-hybridized carbons (Fsp3) is 0.389. The predicted molar refractivity (Wildman–Crippen MR) is 101 cm³/mol. The van der Waals surface area contributed by atoms with Gasteiger partial charge in [-0.05, 0) is 44.4 Å². The van der Waals surface area contributed by atoms with Gasteiger partial charge >= 0.3 is 0 Å². The van der Waals surface area contributed by atoms with Crippen molar-refractivity contribution in [2.45, 2.75) is 40.0 Å². The third kappa shape index (κ3) is 4.36. The minimum Gasteiger partial charge on any atom is -0.352 e. The highest BCUT2D eigenvalue weighted by atomic mass is 32.1. The topological polar surface area (TPSA) is 91.1 Å². The van der Waals surface area contributed by atoms with Crippen LogP contribution in [0.25, 0.3) is 0 Å². The minimum absolute atomic E-state index is 0.0530. The zero-order valence-corrected chi connectivity index (χ0v) is 15.7. The summed E-state index contributed by atoms with van der Waals surface area (Å²) in [5.74, 6) is -0.435. The van der Waals surface area contributed by atoms with Crippen LogP contribution in [0.4, 0.5) is 5.69 Å². The molecular formula is C18H23N3O3S. The number of aryl methyl sites for hydroxylation is 1. The van der Waals surface area contributed by atoms with Gasteiger partial charge in [-0.2, -0.15) is 0 Å². The second-order valence-electron chi connectivity index (χ2n) is 5.86. The number of carbonyl (C=O) groups is 2. The molecule has 2 amide bonds. The molecule has 0 aliphatic carbocycles. The summed E-state index contributed by atoms with van der Waals surface area (Å²) in [6.45, 7) is 8.25. The van der Waals surface area contributed by atoms with Gasteiger partial charge in [-0.3, -0.25) is 14.4 Å². The number of rotatable bonds is 6. The quantitative estimate of drug-likeness (QED) is 0.737. The Kier molecular flexibility index (Phi) is 6.14. The summed E-state index contributed by atoms with van der Waals surface area (Å²) in [6, 6.07) is 4.94. The Balaban J connectivity index is 2.20. The first-order valence-corrected chi connectivity index (χ1v) is 9.12. The van der Waals surface area contributed by atoms with Crippen LogP contribution in [0.15, 0.2) is 23.0 Å². The van der Waals surface area contributed by atoms with Gasteiger partial charge in [0, 0.05) is 17.1 Å². The van der Waals surface area contributed by atoms with E-state index in [0.29, 0.717) is 17.1 Å². The van der Waals surface area contributed by atoms with Gasteiger partial charge in [0.2, 0.25) is 0 Å². The lowest BCUT2D eigenvalue weighted by atomic mass is 10.0. The van der Waals surface area contributed by atoms with E-state index < -0.39 is 11.5 Å². The molecule has 0 aromatic carbocycles. The molecule has 6 nitrogen and oxygen atoms in total. The number of nitrogens with one attached hydrogen (secondary N) is 3. The summed E-state index contributed by atoms with van der Waals surface area (Å²) >= 11 is 1.30. The molecule has 0 fully saturated rings. The summed E-state index contributed by atoms with van der Waals surface area (Å²) in [4.78, 5) is 40.6. The van der Waals surface area contributed by atoms with Crippen LogP contribution in [0.3, 0.4) is 0 Å². The van der Waals surface area contributed by atoms with Crippen molar-refractivity contribution in [2.24, 2.45) is 0 Å². The van der Waals surface area contributed by atoms with E-state index in [1.165, 1.54) is 11.3 Å². The van der Waals surface area contributed by atoms with Gasteiger partial charge in [0.15, 0.2) is 0 Å². The number of pyridine rings is 1. The number of aromatic nitrogens is 1. The molecule has 0 saturated carbocycles. The van der Waals surface area contributed by atoms with Crippen LogP contribution in [0.5, 0.6) is 0 Å². The zero-order chi connectivity index (χ0) is 18.6. The van der Waals surface area contributed by atoms with Gasteiger partial charge in [-0.15, -0.1) is 11.3 Å². The number of aromatic amines is 1. The average Bonchev–Trinajstić information content (AvgIpc) is 2.95. The van der Waals surface area contributed by atoms with Crippen LogP contribution in [0.2, 0.25) is 0 Å². The Labute approximate surface area is 150 Å². The van der Waals surface area contributed by atoms with E-state index >= 15 is 0 Å². The third-order valence-corrected chi connectivity index (χ3v) is 5.10. The number of thiophene rings is 1. The van der Waals surface area contributed by atoms with Gasteiger partial charge in [0.25, 0.3) is 17.4 Å². The molecule has 2 heterocycles.